The van der Waals surface area contributed by atoms with Crippen LogP contribution >= 0.6 is 11.6 Å². The van der Waals surface area contributed by atoms with Crippen molar-refractivity contribution in [2.75, 3.05) is 11.9 Å². The van der Waals surface area contributed by atoms with E-state index in [1.54, 1.807) is 0 Å². The van der Waals surface area contributed by atoms with Crippen molar-refractivity contribution >= 4 is 29.4 Å². The standard InChI is InChI=1S/C21H23ClFN3O/c1-13-11-21(2,3)26(4)19-10-18(22)15(9-17(13)19)12-24-25-20(27)14-5-7-16(23)8-6-14/h5-10,12-13H,11H2,1-4H3,(H,25,27)/b24-12+. The monoisotopic (exact) mass is 387 g/mol. The van der Waals surface area contributed by atoms with Crippen molar-refractivity contribution < 1.29 is 9.18 Å². The number of anilines is 1. The molecule has 0 radical (unpaired) electrons. The SMILES string of the molecule is CC1CC(C)(C)N(C)c2cc(Cl)c(/C=N/NC(=O)c3ccc(F)cc3)cc21. The van der Waals surface area contributed by atoms with Gasteiger partial charge in [0.05, 0.1) is 11.2 Å². The summed E-state index contributed by atoms with van der Waals surface area (Å²) in [6, 6.07) is 9.27. The molecule has 2 aromatic rings. The zero-order chi connectivity index (χ0) is 19.8. The van der Waals surface area contributed by atoms with Gasteiger partial charge in [0.15, 0.2) is 0 Å². The summed E-state index contributed by atoms with van der Waals surface area (Å²) in [6.45, 7) is 6.65. The minimum Gasteiger partial charge on any atom is -0.369 e. The molecule has 1 amide bonds. The van der Waals surface area contributed by atoms with Crippen LogP contribution in [0.15, 0.2) is 41.5 Å². The molecule has 142 valence electrons. The number of carbonyl (C=O) groups is 1. The summed E-state index contributed by atoms with van der Waals surface area (Å²) in [6.07, 6.45) is 2.58. The zero-order valence-corrected chi connectivity index (χ0v) is 16.6. The molecular weight excluding hydrogens is 365 g/mol. The highest BCUT2D eigenvalue weighted by Crippen LogP contribution is 2.44. The van der Waals surface area contributed by atoms with Gasteiger partial charge in [0.1, 0.15) is 5.82 Å². The molecule has 27 heavy (non-hydrogen) atoms. The number of nitrogens with zero attached hydrogens (tertiary/aromatic N) is 2. The van der Waals surface area contributed by atoms with Gasteiger partial charge in [0.2, 0.25) is 0 Å². The molecule has 1 aliphatic rings. The largest absolute Gasteiger partial charge is 0.369 e. The van der Waals surface area contributed by atoms with Gasteiger partial charge in [0.25, 0.3) is 5.91 Å². The zero-order valence-electron chi connectivity index (χ0n) is 15.9. The van der Waals surface area contributed by atoms with Crippen molar-refractivity contribution in [3.05, 3.63) is 63.9 Å². The van der Waals surface area contributed by atoms with Crippen LogP contribution in [0, 0.1) is 5.82 Å². The van der Waals surface area contributed by atoms with Crippen LogP contribution < -0.4 is 10.3 Å². The first-order valence-electron chi connectivity index (χ1n) is 8.85. The Morgan fingerprint density at radius 3 is 2.67 bits per heavy atom. The van der Waals surface area contributed by atoms with E-state index in [0.29, 0.717) is 16.5 Å². The van der Waals surface area contributed by atoms with Crippen LogP contribution in [0.5, 0.6) is 0 Å². The predicted molar refractivity (Wildman–Crippen MR) is 108 cm³/mol. The summed E-state index contributed by atoms with van der Waals surface area (Å²) in [4.78, 5) is 14.3. The number of carbonyl (C=O) groups excluding carboxylic acids is 1. The number of halogens is 2. The van der Waals surface area contributed by atoms with Crippen molar-refractivity contribution in [1.29, 1.82) is 0 Å². The number of fused-ring (bicyclic) bond motifs is 1. The van der Waals surface area contributed by atoms with Gasteiger partial charge in [-0.3, -0.25) is 4.79 Å². The molecule has 6 heteroatoms. The molecule has 0 spiro atoms. The van der Waals surface area contributed by atoms with Gasteiger partial charge in [-0.25, -0.2) is 9.82 Å². The molecule has 1 heterocycles. The van der Waals surface area contributed by atoms with Crippen LogP contribution in [-0.2, 0) is 0 Å². The minimum atomic E-state index is -0.407. The Labute approximate surface area is 164 Å². The first-order valence-corrected chi connectivity index (χ1v) is 9.23. The Morgan fingerprint density at radius 2 is 2.00 bits per heavy atom. The number of hydrogen-bond acceptors (Lipinski definition) is 3. The quantitative estimate of drug-likeness (QED) is 0.597. The maximum absolute atomic E-state index is 12.9. The fourth-order valence-corrected chi connectivity index (χ4v) is 3.74. The van der Waals surface area contributed by atoms with Crippen LogP contribution in [0.1, 0.15) is 54.6 Å². The third-order valence-electron chi connectivity index (χ3n) is 5.23. The second-order valence-corrected chi connectivity index (χ2v) is 8.02. The van der Waals surface area contributed by atoms with Crippen LogP contribution in [0.2, 0.25) is 5.02 Å². The predicted octanol–water partition coefficient (Wildman–Crippen LogP) is 4.97. The van der Waals surface area contributed by atoms with Crippen molar-refractivity contribution in [1.82, 2.24) is 5.43 Å². The minimum absolute atomic E-state index is 0.0640. The van der Waals surface area contributed by atoms with E-state index < -0.39 is 11.7 Å². The molecule has 1 unspecified atom stereocenters. The second kappa shape index (κ2) is 7.31. The van der Waals surface area contributed by atoms with E-state index in [1.165, 1.54) is 36.0 Å². The van der Waals surface area contributed by atoms with Crippen LogP contribution in [-0.4, -0.2) is 24.7 Å². The summed E-state index contributed by atoms with van der Waals surface area (Å²) in [5.41, 5.74) is 5.93. The second-order valence-electron chi connectivity index (χ2n) is 7.62. The maximum atomic E-state index is 12.9. The molecule has 0 aliphatic carbocycles. The van der Waals surface area contributed by atoms with Crippen molar-refractivity contribution in [3.8, 4) is 0 Å². The summed E-state index contributed by atoms with van der Waals surface area (Å²) in [5.74, 6) is -0.405. The number of amides is 1. The molecule has 1 aliphatic heterocycles. The summed E-state index contributed by atoms with van der Waals surface area (Å²) < 4.78 is 12.9. The average molecular weight is 388 g/mol. The molecule has 1 atom stereocenters. The van der Waals surface area contributed by atoms with Crippen molar-refractivity contribution in [2.24, 2.45) is 5.10 Å². The molecule has 4 nitrogen and oxygen atoms in total. The molecular formula is C21H23ClFN3O. The molecule has 0 fully saturated rings. The Bertz CT molecular complexity index is 893. The Morgan fingerprint density at radius 1 is 1.33 bits per heavy atom. The highest BCUT2D eigenvalue weighted by molar-refractivity contribution is 6.33. The van der Waals surface area contributed by atoms with Gasteiger partial charge < -0.3 is 4.90 Å². The number of rotatable bonds is 3. The Hall–Kier alpha value is -2.40. The lowest BCUT2D eigenvalue weighted by Gasteiger charge is -2.45. The van der Waals surface area contributed by atoms with E-state index in [4.69, 9.17) is 11.6 Å². The molecule has 1 N–H and O–H groups in total. The molecule has 0 aromatic heterocycles. The molecule has 0 saturated carbocycles. The van der Waals surface area contributed by atoms with Crippen LogP contribution in [0.4, 0.5) is 10.1 Å². The van der Waals surface area contributed by atoms with Crippen molar-refractivity contribution in [2.45, 2.75) is 38.6 Å². The lowest BCUT2D eigenvalue weighted by Crippen LogP contribution is -2.45. The summed E-state index contributed by atoms with van der Waals surface area (Å²) in [5, 5.41) is 4.58. The lowest BCUT2D eigenvalue weighted by atomic mass is 9.80. The van der Waals surface area contributed by atoms with Crippen molar-refractivity contribution in [3.63, 3.8) is 0 Å². The highest BCUT2D eigenvalue weighted by Gasteiger charge is 2.34. The number of hydrogen-bond donors (Lipinski definition) is 1. The number of benzene rings is 2. The van der Waals surface area contributed by atoms with Gasteiger partial charge >= 0.3 is 0 Å². The number of hydrazone groups is 1. The average Bonchev–Trinajstić information content (AvgIpc) is 2.61. The topological polar surface area (TPSA) is 44.7 Å². The third kappa shape index (κ3) is 3.98. The van der Waals surface area contributed by atoms with E-state index in [-0.39, 0.29) is 5.54 Å². The molecule has 2 aromatic carbocycles. The van der Waals surface area contributed by atoms with E-state index >= 15 is 0 Å². The fourth-order valence-electron chi connectivity index (χ4n) is 3.53. The molecule has 3 rings (SSSR count). The number of nitrogens with one attached hydrogen (secondary N) is 1. The first kappa shape index (κ1) is 19.4. The lowest BCUT2D eigenvalue weighted by molar-refractivity contribution is 0.0955. The maximum Gasteiger partial charge on any atom is 0.271 e. The first-order chi connectivity index (χ1) is 12.7. The van der Waals surface area contributed by atoms with E-state index in [0.717, 1.165) is 17.7 Å². The van der Waals surface area contributed by atoms with Gasteiger partial charge in [0, 0.05) is 29.4 Å². The summed E-state index contributed by atoms with van der Waals surface area (Å²) >= 11 is 6.44. The van der Waals surface area contributed by atoms with Gasteiger partial charge in [-0.2, -0.15) is 5.10 Å². The van der Waals surface area contributed by atoms with Gasteiger partial charge in [-0.05, 0) is 68.1 Å². The highest BCUT2D eigenvalue weighted by atomic mass is 35.5. The summed E-state index contributed by atoms with van der Waals surface area (Å²) in [7, 11) is 2.08. The molecule has 0 bridgehead atoms. The Kier molecular flexibility index (Phi) is 5.24. The molecule has 0 saturated heterocycles. The van der Waals surface area contributed by atoms with Crippen LogP contribution in [0.3, 0.4) is 0 Å². The Balaban J connectivity index is 1.80. The van der Waals surface area contributed by atoms with Gasteiger partial charge in [-0.1, -0.05) is 18.5 Å². The van der Waals surface area contributed by atoms with E-state index in [9.17, 15) is 9.18 Å². The van der Waals surface area contributed by atoms with Gasteiger partial charge in [-0.15, -0.1) is 0 Å². The normalized spacial score (nSPS) is 18.4. The smallest absolute Gasteiger partial charge is 0.271 e. The fraction of sp³-hybridized carbons (Fsp3) is 0.333. The third-order valence-corrected chi connectivity index (χ3v) is 5.56. The van der Waals surface area contributed by atoms with E-state index in [1.807, 2.05) is 12.1 Å². The van der Waals surface area contributed by atoms with Crippen LogP contribution in [0.25, 0.3) is 0 Å². The van der Waals surface area contributed by atoms with E-state index in [2.05, 4.69) is 43.2 Å².